The first-order valence-corrected chi connectivity index (χ1v) is 7.81. The minimum absolute atomic E-state index is 0.00752. The van der Waals surface area contributed by atoms with Crippen LogP contribution in [0.5, 0.6) is 11.5 Å². The molecule has 1 N–H and O–H groups in total. The van der Waals surface area contributed by atoms with Gasteiger partial charge in [-0.3, -0.25) is 4.79 Å². The summed E-state index contributed by atoms with van der Waals surface area (Å²) in [6.45, 7) is 0.354. The monoisotopic (exact) mass is 321 g/mol. The number of hydrogen-bond acceptors (Lipinski definition) is 5. The SMILES string of the molecule is [2H]C([2H])([2H])Oc1ccc2c3c1OC1([2H])C(=O)CC[C@@]4(O)[C@H](N(C)CC[C@]314)C2([2H])[2H]. The van der Waals surface area contributed by atoms with Crippen molar-refractivity contribution in [1.82, 2.24) is 4.90 Å². The Morgan fingerprint density at radius 1 is 1.57 bits per heavy atom. The number of carbonyl (C=O) groups excluding carboxylic acids is 1. The van der Waals surface area contributed by atoms with Gasteiger partial charge in [0.2, 0.25) is 0 Å². The van der Waals surface area contributed by atoms with E-state index in [2.05, 4.69) is 0 Å². The molecule has 4 atom stereocenters. The van der Waals surface area contributed by atoms with Gasteiger partial charge in [0, 0.05) is 20.8 Å². The lowest BCUT2D eigenvalue weighted by atomic mass is 9.49. The Hall–Kier alpha value is -1.59. The molecule has 0 aromatic heterocycles. The highest BCUT2D eigenvalue weighted by Crippen LogP contribution is 2.64. The first kappa shape index (κ1) is 9.04. The van der Waals surface area contributed by atoms with Crippen molar-refractivity contribution < 1.29 is 27.6 Å². The van der Waals surface area contributed by atoms with Gasteiger partial charge in [0.25, 0.3) is 0 Å². The third kappa shape index (κ3) is 1.32. The van der Waals surface area contributed by atoms with E-state index in [9.17, 15) is 9.90 Å². The third-order valence-corrected chi connectivity index (χ3v) is 6.00. The first-order valence-electron chi connectivity index (χ1n) is 10.8. The number of aliphatic hydroxyl groups is 1. The maximum atomic E-state index is 12.9. The molecule has 122 valence electrons. The summed E-state index contributed by atoms with van der Waals surface area (Å²) in [7, 11) is -1.07. The average molecular weight is 321 g/mol. The van der Waals surface area contributed by atoms with Crippen molar-refractivity contribution >= 4 is 5.78 Å². The lowest BCUT2D eigenvalue weighted by Crippen LogP contribution is -2.76. The molecule has 23 heavy (non-hydrogen) atoms. The molecule has 5 rings (SSSR count). The Balaban J connectivity index is 1.89. The number of ether oxygens (including phenoxy) is 2. The summed E-state index contributed by atoms with van der Waals surface area (Å²) >= 11 is 0. The molecule has 1 aromatic rings. The highest BCUT2D eigenvalue weighted by molar-refractivity contribution is 5.90. The van der Waals surface area contributed by atoms with Gasteiger partial charge in [0.1, 0.15) is 0 Å². The number of ketones is 1. The molecule has 2 aliphatic heterocycles. The number of likely N-dealkylation sites (tertiary alicyclic amines) is 1. The van der Waals surface area contributed by atoms with Gasteiger partial charge in [-0.1, -0.05) is 6.07 Å². The summed E-state index contributed by atoms with van der Waals surface area (Å²) in [5.41, 5.74) is -2.80. The maximum absolute atomic E-state index is 12.9. The predicted octanol–water partition coefficient (Wildman–Crippen LogP) is 1.05. The smallest absolute Gasteiger partial charge is 0.174 e. The van der Waals surface area contributed by atoms with Gasteiger partial charge in [-0.15, -0.1) is 0 Å². The zero-order valence-corrected chi connectivity index (χ0v) is 12.7. The van der Waals surface area contributed by atoms with Crippen molar-refractivity contribution in [3.05, 3.63) is 23.3 Å². The fourth-order valence-electron chi connectivity index (χ4n) is 4.97. The van der Waals surface area contributed by atoms with E-state index in [1.807, 2.05) is 0 Å². The topological polar surface area (TPSA) is 59.0 Å². The molecular weight excluding hydrogens is 294 g/mol. The molecule has 1 spiro atoms. The van der Waals surface area contributed by atoms with E-state index in [1.54, 1.807) is 11.9 Å². The van der Waals surface area contributed by atoms with Gasteiger partial charge in [-0.2, -0.15) is 0 Å². The highest BCUT2D eigenvalue weighted by Gasteiger charge is 2.72. The molecule has 1 unspecified atom stereocenters. The molecule has 1 aromatic carbocycles. The van der Waals surface area contributed by atoms with Crippen LogP contribution in [0.15, 0.2) is 12.1 Å². The number of piperidine rings is 1. The van der Waals surface area contributed by atoms with Gasteiger partial charge in [0.05, 0.1) is 23.5 Å². The number of benzene rings is 1. The summed E-state index contributed by atoms with van der Waals surface area (Å²) in [4.78, 5) is 14.7. The van der Waals surface area contributed by atoms with Crippen LogP contribution in [0, 0.1) is 0 Å². The maximum Gasteiger partial charge on any atom is 0.174 e. The van der Waals surface area contributed by atoms with Crippen LogP contribution in [0.4, 0.5) is 0 Å². The van der Waals surface area contributed by atoms with Crippen LogP contribution in [0.2, 0.25) is 0 Å². The summed E-state index contributed by atoms with van der Waals surface area (Å²) < 4.78 is 59.9. The molecule has 4 aliphatic rings. The molecule has 1 saturated heterocycles. The van der Waals surface area contributed by atoms with Gasteiger partial charge >= 0.3 is 0 Å². The Morgan fingerprint density at radius 3 is 3.26 bits per heavy atom. The largest absolute Gasteiger partial charge is 0.493 e. The third-order valence-electron chi connectivity index (χ3n) is 6.00. The Morgan fingerprint density at radius 2 is 2.43 bits per heavy atom. The standard InChI is InChI=1S/C18H21NO4/c1-19-8-7-17-14-10-3-4-12(22-2)15(14)23-16(17)11(20)5-6-18(17,21)13(19)9-10/h3-4,13,16,21H,5-9H2,1-2H3/t13-,16?,17+,18-/m1/s1/i2D3,9D2,16D. The normalized spacial score (nSPS) is 50.3. The van der Waals surface area contributed by atoms with E-state index < -0.39 is 42.3 Å². The van der Waals surface area contributed by atoms with E-state index in [-0.39, 0.29) is 41.9 Å². The van der Waals surface area contributed by atoms with Gasteiger partial charge in [-0.05, 0) is 44.4 Å². The quantitative estimate of drug-likeness (QED) is 0.838. The second-order valence-electron chi connectivity index (χ2n) is 6.88. The second-order valence-corrected chi connectivity index (χ2v) is 6.88. The molecule has 2 bridgehead atoms. The fraction of sp³-hybridized carbons (Fsp3) is 0.611. The second kappa shape index (κ2) is 4.08. The zero-order chi connectivity index (χ0) is 21.2. The molecule has 2 heterocycles. The number of rotatable bonds is 1. The van der Waals surface area contributed by atoms with Crippen LogP contribution in [0.25, 0.3) is 0 Å². The predicted molar refractivity (Wildman–Crippen MR) is 83.0 cm³/mol. The van der Waals surface area contributed by atoms with Crippen molar-refractivity contribution in [2.24, 2.45) is 0 Å². The van der Waals surface area contributed by atoms with Crippen molar-refractivity contribution in [1.29, 1.82) is 0 Å². The molecule has 5 nitrogen and oxygen atoms in total. The van der Waals surface area contributed by atoms with E-state index >= 15 is 0 Å². The zero-order valence-electron chi connectivity index (χ0n) is 18.7. The molecule has 0 amide bonds. The lowest BCUT2D eigenvalue weighted by Gasteiger charge is -2.62. The number of Topliss-reactive ketones (excluding diaryl/α,β-unsaturated/α-hetero) is 1. The number of likely N-dealkylation sites (N-methyl/N-ethyl adjacent to an activating group) is 1. The minimum atomic E-state index is -2.79. The van der Waals surface area contributed by atoms with Gasteiger partial charge in [0.15, 0.2) is 23.4 Å². The Labute approximate surface area is 143 Å². The molecule has 2 fully saturated rings. The summed E-state index contributed by atoms with van der Waals surface area (Å²) in [5, 5.41) is 11.9. The van der Waals surface area contributed by atoms with Gasteiger partial charge < -0.3 is 19.5 Å². The van der Waals surface area contributed by atoms with E-state index in [1.165, 1.54) is 12.1 Å². The summed E-state index contributed by atoms with van der Waals surface area (Å²) in [5.74, 6) is -0.799. The molecule has 0 radical (unpaired) electrons. The molecule has 5 heteroatoms. The Kier molecular flexibility index (Phi) is 1.60. The van der Waals surface area contributed by atoms with Crippen molar-refractivity contribution in [2.45, 2.75) is 48.8 Å². The minimum Gasteiger partial charge on any atom is -0.493 e. The summed E-state index contributed by atoms with van der Waals surface area (Å²) in [6, 6.07) is 1.76. The molecule has 1 saturated carbocycles. The van der Waals surface area contributed by atoms with Crippen LogP contribution < -0.4 is 9.47 Å². The van der Waals surface area contributed by atoms with Crippen LogP contribution in [0.3, 0.4) is 0 Å². The highest BCUT2D eigenvalue weighted by atomic mass is 16.5. The lowest BCUT2D eigenvalue weighted by molar-refractivity contribution is -0.185. The first-order chi connectivity index (χ1) is 13.3. The number of nitrogens with zero attached hydrogens (tertiary/aromatic N) is 1. The van der Waals surface area contributed by atoms with E-state index in [0.29, 0.717) is 6.54 Å². The number of carbonyl (C=O) groups is 1. The van der Waals surface area contributed by atoms with Gasteiger partial charge in [-0.25, -0.2) is 0 Å². The van der Waals surface area contributed by atoms with E-state index in [0.717, 1.165) is 0 Å². The number of hydrogen-bond donors (Lipinski definition) is 1. The molecule has 2 aliphatic carbocycles. The summed E-state index contributed by atoms with van der Waals surface area (Å²) in [6.07, 6.45) is -4.08. The average Bonchev–Trinajstić information content (AvgIpc) is 2.86. The van der Waals surface area contributed by atoms with Crippen LogP contribution in [-0.4, -0.2) is 54.1 Å². The van der Waals surface area contributed by atoms with Crippen LogP contribution >= 0.6 is 0 Å². The van der Waals surface area contributed by atoms with Crippen LogP contribution in [-0.2, 0) is 16.6 Å². The van der Waals surface area contributed by atoms with Crippen molar-refractivity contribution in [3.8, 4) is 11.5 Å². The van der Waals surface area contributed by atoms with E-state index in [4.69, 9.17) is 17.7 Å². The van der Waals surface area contributed by atoms with Crippen LogP contribution in [0.1, 0.15) is 38.6 Å². The number of methoxy groups -OCH3 is 1. The van der Waals surface area contributed by atoms with Crippen molar-refractivity contribution in [2.75, 3.05) is 20.6 Å². The molecular formula is C18H21NO4. The fourth-order valence-corrected chi connectivity index (χ4v) is 4.97. The Bertz CT molecular complexity index is 951. The van der Waals surface area contributed by atoms with Crippen molar-refractivity contribution in [3.63, 3.8) is 0 Å².